The van der Waals surface area contributed by atoms with Gasteiger partial charge < -0.3 is 5.32 Å². The zero-order chi connectivity index (χ0) is 14.5. The van der Waals surface area contributed by atoms with Crippen LogP contribution in [0.3, 0.4) is 0 Å². The first-order valence-electron chi connectivity index (χ1n) is 5.77. The standard InChI is InChI=1S/C13H14F4N2/c1-9(6-10-2-4-12(14)5-3-10)19-8-11(7-18)13(15,16)17/h2-5,9,11,19H,6,8H2,1H3. The van der Waals surface area contributed by atoms with Crippen molar-refractivity contribution >= 4 is 0 Å². The molecular formula is C13H14F4N2. The van der Waals surface area contributed by atoms with Gasteiger partial charge in [0.25, 0.3) is 0 Å². The third kappa shape index (κ3) is 5.26. The Bertz CT molecular complexity index is 433. The molecule has 2 unspecified atom stereocenters. The molecule has 0 amide bonds. The molecule has 0 saturated carbocycles. The van der Waals surface area contributed by atoms with Crippen LogP contribution in [0.15, 0.2) is 24.3 Å². The summed E-state index contributed by atoms with van der Waals surface area (Å²) in [4.78, 5) is 0. The van der Waals surface area contributed by atoms with Crippen molar-refractivity contribution in [3.05, 3.63) is 35.6 Å². The zero-order valence-electron chi connectivity index (χ0n) is 10.3. The summed E-state index contributed by atoms with van der Waals surface area (Å²) in [6, 6.07) is 6.77. The Labute approximate surface area is 109 Å². The molecule has 6 heteroatoms. The van der Waals surface area contributed by atoms with E-state index in [2.05, 4.69) is 5.32 Å². The molecule has 0 aliphatic carbocycles. The van der Waals surface area contributed by atoms with Crippen LogP contribution in [0.1, 0.15) is 12.5 Å². The van der Waals surface area contributed by atoms with E-state index in [1.165, 1.54) is 18.2 Å². The quantitative estimate of drug-likeness (QED) is 0.838. The van der Waals surface area contributed by atoms with Crippen molar-refractivity contribution in [1.82, 2.24) is 5.32 Å². The molecule has 1 aromatic carbocycles. The van der Waals surface area contributed by atoms with Crippen LogP contribution < -0.4 is 5.32 Å². The summed E-state index contributed by atoms with van der Waals surface area (Å²) in [5.41, 5.74) is 0.821. The van der Waals surface area contributed by atoms with Crippen LogP contribution in [0.4, 0.5) is 17.6 Å². The molecule has 0 aliphatic rings. The topological polar surface area (TPSA) is 35.8 Å². The van der Waals surface area contributed by atoms with Gasteiger partial charge in [-0.2, -0.15) is 18.4 Å². The van der Waals surface area contributed by atoms with Crippen molar-refractivity contribution in [2.75, 3.05) is 6.54 Å². The second-order valence-electron chi connectivity index (χ2n) is 4.36. The molecule has 0 fully saturated rings. The summed E-state index contributed by atoms with van der Waals surface area (Å²) in [7, 11) is 0. The van der Waals surface area contributed by atoms with Crippen LogP contribution in [0, 0.1) is 23.1 Å². The first-order valence-corrected chi connectivity index (χ1v) is 5.77. The second kappa shape index (κ2) is 6.53. The van der Waals surface area contributed by atoms with E-state index in [1.54, 1.807) is 19.1 Å². The highest BCUT2D eigenvalue weighted by molar-refractivity contribution is 5.17. The minimum absolute atomic E-state index is 0.233. The Morgan fingerprint density at radius 3 is 2.32 bits per heavy atom. The van der Waals surface area contributed by atoms with E-state index in [9.17, 15) is 17.6 Å². The molecular weight excluding hydrogens is 260 g/mol. The van der Waals surface area contributed by atoms with Gasteiger partial charge in [0.15, 0.2) is 5.92 Å². The van der Waals surface area contributed by atoms with E-state index in [-0.39, 0.29) is 11.9 Å². The average Bonchev–Trinajstić information content (AvgIpc) is 2.31. The van der Waals surface area contributed by atoms with Crippen LogP contribution in [0.5, 0.6) is 0 Å². The SMILES string of the molecule is CC(Cc1ccc(F)cc1)NCC(C#N)C(F)(F)F. The predicted molar refractivity (Wildman–Crippen MR) is 62.7 cm³/mol. The van der Waals surface area contributed by atoms with Gasteiger partial charge in [-0.25, -0.2) is 4.39 Å². The van der Waals surface area contributed by atoms with E-state index < -0.39 is 18.6 Å². The first kappa shape index (κ1) is 15.4. The Kier molecular flexibility index (Phi) is 5.31. The molecule has 1 rings (SSSR count). The summed E-state index contributed by atoms with van der Waals surface area (Å²) in [5.74, 6) is -2.37. The van der Waals surface area contributed by atoms with E-state index in [0.717, 1.165) is 5.56 Å². The summed E-state index contributed by atoms with van der Waals surface area (Å²) in [5, 5.41) is 11.1. The number of benzene rings is 1. The van der Waals surface area contributed by atoms with Crippen LogP contribution in [0.25, 0.3) is 0 Å². The summed E-state index contributed by atoms with van der Waals surface area (Å²) in [6.45, 7) is 1.27. The largest absolute Gasteiger partial charge is 0.405 e. The normalized spacial score (nSPS) is 14.7. The summed E-state index contributed by atoms with van der Waals surface area (Å²) in [6.07, 6.45) is -4.05. The van der Waals surface area contributed by atoms with Crippen molar-refractivity contribution in [2.45, 2.75) is 25.6 Å². The highest BCUT2D eigenvalue weighted by Crippen LogP contribution is 2.25. The van der Waals surface area contributed by atoms with Gasteiger partial charge in [-0.1, -0.05) is 12.1 Å². The summed E-state index contributed by atoms with van der Waals surface area (Å²) >= 11 is 0. The maximum atomic E-state index is 12.7. The number of alkyl halides is 3. The van der Waals surface area contributed by atoms with Crippen LogP contribution in [-0.4, -0.2) is 18.8 Å². The molecule has 0 radical (unpaired) electrons. The molecule has 104 valence electrons. The number of hydrogen-bond acceptors (Lipinski definition) is 2. The number of halogens is 4. The number of nitrogens with one attached hydrogen (secondary N) is 1. The van der Waals surface area contributed by atoms with Crippen LogP contribution >= 0.6 is 0 Å². The van der Waals surface area contributed by atoms with Crippen molar-refractivity contribution < 1.29 is 17.6 Å². The van der Waals surface area contributed by atoms with Crippen LogP contribution in [0.2, 0.25) is 0 Å². The third-order valence-corrected chi connectivity index (χ3v) is 2.68. The molecule has 19 heavy (non-hydrogen) atoms. The minimum Gasteiger partial charge on any atom is -0.312 e. The van der Waals surface area contributed by atoms with Crippen molar-refractivity contribution in [2.24, 2.45) is 5.92 Å². The maximum Gasteiger partial charge on any atom is 0.405 e. The first-order chi connectivity index (χ1) is 8.82. The molecule has 2 atom stereocenters. The molecule has 0 saturated heterocycles. The van der Waals surface area contributed by atoms with E-state index in [1.807, 2.05) is 0 Å². The van der Waals surface area contributed by atoms with Crippen LogP contribution in [-0.2, 0) is 6.42 Å². The lowest BCUT2D eigenvalue weighted by Crippen LogP contribution is -2.37. The molecule has 0 aromatic heterocycles. The fraction of sp³-hybridized carbons (Fsp3) is 0.462. The molecule has 0 spiro atoms. The number of nitrogens with zero attached hydrogens (tertiary/aromatic N) is 1. The number of rotatable bonds is 5. The molecule has 0 aliphatic heterocycles. The zero-order valence-corrected chi connectivity index (χ0v) is 10.3. The lowest BCUT2D eigenvalue weighted by Gasteiger charge is -2.18. The maximum absolute atomic E-state index is 12.7. The Morgan fingerprint density at radius 1 is 1.26 bits per heavy atom. The minimum atomic E-state index is -4.52. The second-order valence-corrected chi connectivity index (χ2v) is 4.36. The predicted octanol–water partition coefficient (Wildman–Crippen LogP) is 3.05. The lowest BCUT2D eigenvalue weighted by atomic mass is 10.1. The smallest absolute Gasteiger partial charge is 0.312 e. The molecule has 1 N–H and O–H groups in total. The average molecular weight is 274 g/mol. The van der Waals surface area contributed by atoms with Gasteiger partial charge in [-0.05, 0) is 31.0 Å². The molecule has 0 heterocycles. The van der Waals surface area contributed by atoms with Gasteiger partial charge in [-0.15, -0.1) is 0 Å². The van der Waals surface area contributed by atoms with Gasteiger partial charge in [0, 0.05) is 12.6 Å². The van der Waals surface area contributed by atoms with Crippen molar-refractivity contribution in [3.8, 4) is 6.07 Å². The summed E-state index contributed by atoms with van der Waals surface area (Å²) < 4.78 is 49.7. The Hall–Kier alpha value is -1.61. The highest BCUT2D eigenvalue weighted by Gasteiger charge is 2.39. The van der Waals surface area contributed by atoms with Gasteiger partial charge >= 0.3 is 6.18 Å². The van der Waals surface area contributed by atoms with Crippen molar-refractivity contribution in [3.63, 3.8) is 0 Å². The van der Waals surface area contributed by atoms with Gasteiger partial charge in [0.2, 0.25) is 0 Å². The molecule has 0 bridgehead atoms. The van der Waals surface area contributed by atoms with Gasteiger partial charge in [0.1, 0.15) is 5.82 Å². The number of nitriles is 1. The Balaban J connectivity index is 2.46. The van der Waals surface area contributed by atoms with Crippen molar-refractivity contribution in [1.29, 1.82) is 5.26 Å². The number of hydrogen-bond donors (Lipinski definition) is 1. The lowest BCUT2D eigenvalue weighted by molar-refractivity contribution is -0.157. The Morgan fingerprint density at radius 2 is 1.84 bits per heavy atom. The van der Waals surface area contributed by atoms with Gasteiger partial charge in [-0.3, -0.25) is 0 Å². The highest BCUT2D eigenvalue weighted by atomic mass is 19.4. The molecule has 2 nitrogen and oxygen atoms in total. The monoisotopic (exact) mass is 274 g/mol. The van der Waals surface area contributed by atoms with E-state index in [0.29, 0.717) is 6.42 Å². The third-order valence-electron chi connectivity index (χ3n) is 2.68. The van der Waals surface area contributed by atoms with E-state index in [4.69, 9.17) is 5.26 Å². The fourth-order valence-electron chi connectivity index (χ4n) is 1.60. The molecule has 1 aromatic rings. The van der Waals surface area contributed by atoms with E-state index >= 15 is 0 Å². The van der Waals surface area contributed by atoms with Gasteiger partial charge in [0.05, 0.1) is 6.07 Å². The fourth-order valence-corrected chi connectivity index (χ4v) is 1.60.